The zero-order valence-corrected chi connectivity index (χ0v) is 14.8. The van der Waals surface area contributed by atoms with Crippen LogP contribution in [0.15, 0.2) is 48.9 Å². The highest BCUT2D eigenvalue weighted by Gasteiger charge is 2.28. The highest BCUT2D eigenvalue weighted by atomic mass is 15.3. The van der Waals surface area contributed by atoms with Crippen LogP contribution in [0.3, 0.4) is 0 Å². The Morgan fingerprint density at radius 2 is 2.00 bits per heavy atom. The van der Waals surface area contributed by atoms with E-state index in [-0.39, 0.29) is 0 Å². The van der Waals surface area contributed by atoms with Crippen molar-refractivity contribution in [1.29, 1.82) is 0 Å². The van der Waals surface area contributed by atoms with Crippen molar-refractivity contribution < 1.29 is 0 Å². The standard InChI is InChI=1S/C20H23N5/c1-15-5-3-6-18(22-15)19-7-4-12-25(19)14-17-13-24(2)23-20(17)16-8-10-21-11-9-16/h3,5-6,8-11,13,19H,4,7,12,14H2,1-2H3/t19-/m1/s1. The molecule has 1 aliphatic rings. The average Bonchev–Trinajstić information content (AvgIpc) is 3.22. The normalized spacial score (nSPS) is 17.9. The van der Waals surface area contributed by atoms with E-state index in [2.05, 4.69) is 46.3 Å². The Morgan fingerprint density at radius 3 is 2.80 bits per heavy atom. The van der Waals surface area contributed by atoms with Crippen LogP contribution in [0.2, 0.25) is 0 Å². The largest absolute Gasteiger partial charge is 0.290 e. The van der Waals surface area contributed by atoms with Crippen molar-refractivity contribution in [2.45, 2.75) is 32.4 Å². The summed E-state index contributed by atoms with van der Waals surface area (Å²) in [6, 6.07) is 10.8. The van der Waals surface area contributed by atoms with Crippen LogP contribution in [-0.2, 0) is 13.6 Å². The van der Waals surface area contributed by atoms with Gasteiger partial charge in [-0.3, -0.25) is 19.5 Å². The number of aryl methyl sites for hydroxylation is 2. The van der Waals surface area contributed by atoms with Gasteiger partial charge in [-0.2, -0.15) is 5.10 Å². The molecule has 0 aliphatic carbocycles. The van der Waals surface area contributed by atoms with Crippen molar-refractivity contribution in [3.63, 3.8) is 0 Å². The van der Waals surface area contributed by atoms with Crippen molar-refractivity contribution in [3.8, 4) is 11.3 Å². The smallest absolute Gasteiger partial charge is 0.0969 e. The Hall–Kier alpha value is -2.53. The minimum absolute atomic E-state index is 0.394. The van der Waals surface area contributed by atoms with Gasteiger partial charge in [-0.25, -0.2) is 0 Å². The van der Waals surface area contributed by atoms with Gasteiger partial charge in [0, 0.05) is 49.0 Å². The maximum absolute atomic E-state index is 4.76. The number of pyridine rings is 2. The Kier molecular flexibility index (Phi) is 4.32. The first-order valence-corrected chi connectivity index (χ1v) is 8.81. The van der Waals surface area contributed by atoms with E-state index in [1.165, 1.54) is 24.1 Å². The maximum Gasteiger partial charge on any atom is 0.0969 e. The zero-order chi connectivity index (χ0) is 17.2. The Morgan fingerprint density at radius 1 is 1.16 bits per heavy atom. The maximum atomic E-state index is 4.76. The SMILES string of the molecule is Cc1cccc([C@H]2CCCN2Cc2cn(C)nc2-c2ccncc2)n1. The third kappa shape index (κ3) is 3.33. The second-order valence-corrected chi connectivity index (χ2v) is 6.74. The quantitative estimate of drug-likeness (QED) is 0.733. The highest BCUT2D eigenvalue weighted by molar-refractivity contribution is 5.61. The van der Waals surface area contributed by atoms with Crippen LogP contribution in [0.4, 0.5) is 0 Å². The van der Waals surface area contributed by atoms with Gasteiger partial charge in [-0.15, -0.1) is 0 Å². The van der Waals surface area contributed by atoms with E-state index < -0.39 is 0 Å². The zero-order valence-electron chi connectivity index (χ0n) is 14.8. The van der Waals surface area contributed by atoms with Gasteiger partial charge in [-0.05, 0) is 50.6 Å². The molecule has 1 aliphatic heterocycles. The van der Waals surface area contributed by atoms with Gasteiger partial charge in [0.1, 0.15) is 0 Å². The molecule has 1 fully saturated rings. The highest BCUT2D eigenvalue weighted by Crippen LogP contribution is 2.33. The molecule has 0 unspecified atom stereocenters. The molecular weight excluding hydrogens is 310 g/mol. The number of aromatic nitrogens is 4. The third-order valence-corrected chi connectivity index (χ3v) is 4.85. The van der Waals surface area contributed by atoms with Crippen LogP contribution in [0.1, 0.15) is 35.8 Å². The molecule has 4 rings (SSSR count). The van der Waals surface area contributed by atoms with Gasteiger partial charge in [0.05, 0.1) is 17.4 Å². The summed E-state index contributed by atoms with van der Waals surface area (Å²) in [5.74, 6) is 0. The summed E-state index contributed by atoms with van der Waals surface area (Å²) >= 11 is 0. The van der Waals surface area contributed by atoms with Crippen LogP contribution in [-0.4, -0.2) is 31.2 Å². The van der Waals surface area contributed by atoms with E-state index in [1.807, 2.05) is 36.3 Å². The van der Waals surface area contributed by atoms with Gasteiger partial charge >= 0.3 is 0 Å². The molecule has 3 aromatic heterocycles. The van der Waals surface area contributed by atoms with Crippen molar-refractivity contribution in [1.82, 2.24) is 24.6 Å². The molecular formula is C20H23N5. The van der Waals surface area contributed by atoms with Crippen LogP contribution in [0, 0.1) is 6.92 Å². The van der Waals surface area contributed by atoms with Crippen molar-refractivity contribution in [3.05, 3.63) is 65.9 Å². The van der Waals surface area contributed by atoms with Crippen molar-refractivity contribution in [2.75, 3.05) is 6.54 Å². The van der Waals surface area contributed by atoms with Crippen molar-refractivity contribution >= 4 is 0 Å². The first-order chi connectivity index (χ1) is 12.2. The lowest BCUT2D eigenvalue weighted by Gasteiger charge is -2.24. The molecule has 0 amide bonds. The molecule has 3 aromatic rings. The van der Waals surface area contributed by atoms with Crippen LogP contribution >= 0.6 is 0 Å². The molecule has 0 spiro atoms. The fourth-order valence-electron chi connectivity index (χ4n) is 3.72. The molecule has 5 nitrogen and oxygen atoms in total. The predicted molar refractivity (Wildman–Crippen MR) is 97.8 cm³/mol. The fourth-order valence-corrected chi connectivity index (χ4v) is 3.72. The Balaban J connectivity index is 1.62. The number of hydrogen-bond donors (Lipinski definition) is 0. The van der Waals surface area contributed by atoms with Gasteiger partial charge in [0.2, 0.25) is 0 Å². The molecule has 0 N–H and O–H groups in total. The fraction of sp³-hybridized carbons (Fsp3) is 0.350. The third-order valence-electron chi connectivity index (χ3n) is 4.85. The van der Waals surface area contributed by atoms with E-state index in [4.69, 9.17) is 4.98 Å². The molecule has 4 heterocycles. The lowest BCUT2D eigenvalue weighted by atomic mass is 10.1. The van der Waals surface area contributed by atoms with Gasteiger partial charge in [0.15, 0.2) is 0 Å². The second-order valence-electron chi connectivity index (χ2n) is 6.74. The van der Waals surface area contributed by atoms with Gasteiger partial charge in [-0.1, -0.05) is 6.07 Å². The molecule has 5 heteroatoms. The summed E-state index contributed by atoms with van der Waals surface area (Å²) in [5.41, 5.74) is 5.70. The summed E-state index contributed by atoms with van der Waals surface area (Å²) in [7, 11) is 1.98. The molecule has 25 heavy (non-hydrogen) atoms. The number of likely N-dealkylation sites (tertiary alicyclic amines) is 1. The first kappa shape index (κ1) is 16.0. The van der Waals surface area contributed by atoms with E-state index in [0.717, 1.165) is 30.0 Å². The average molecular weight is 333 g/mol. The number of rotatable bonds is 4. The molecule has 1 atom stereocenters. The van der Waals surface area contributed by atoms with Crippen LogP contribution < -0.4 is 0 Å². The summed E-state index contributed by atoms with van der Waals surface area (Å²) < 4.78 is 1.90. The minimum atomic E-state index is 0.394. The van der Waals surface area contributed by atoms with Crippen LogP contribution in [0.5, 0.6) is 0 Å². The molecule has 0 aromatic carbocycles. The van der Waals surface area contributed by atoms with Gasteiger partial charge < -0.3 is 0 Å². The summed E-state index contributed by atoms with van der Waals surface area (Å²) in [6.45, 7) is 4.06. The van der Waals surface area contributed by atoms with Crippen LogP contribution in [0.25, 0.3) is 11.3 Å². The van der Waals surface area contributed by atoms with Gasteiger partial charge in [0.25, 0.3) is 0 Å². The lowest BCUT2D eigenvalue weighted by molar-refractivity contribution is 0.244. The van der Waals surface area contributed by atoms with E-state index in [9.17, 15) is 0 Å². The summed E-state index contributed by atoms with van der Waals surface area (Å²) in [5, 5.41) is 4.68. The number of nitrogens with zero attached hydrogens (tertiary/aromatic N) is 5. The topological polar surface area (TPSA) is 46.8 Å². The summed E-state index contributed by atoms with van der Waals surface area (Å²) in [4.78, 5) is 11.4. The van der Waals surface area contributed by atoms with E-state index in [1.54, 1.807) is 0 Å². The molecule has 0 radical (unpaired) electrons. The molecule has 0 bridgehead atoms. The molecule has 128 valence electrons. The van der Waals surface area contributed by atoms with E-state index >= 15 is 0 Å². The summed E-state index contributed by atoms with van der Waals surface area (Å²) in [6.07, 6.45) is 8.16. The lowest BCUT2D eigenvalue weighted by Crippen LogP contribution is -2.23. The minimum Gasteiger partial charge on any atom is -0.290 e. The predicted octanol–water partition coefficient (Wildman–Crippen LogP) is 3.52. The van der Waals surface area contributed by atoms with Crippen molar-refractivity contribution in [2.24, 2.45) is 7.05 Å². The van der Waals surface area contributed by atoms with E-state index in [0.29, 0.717) is 6.04 Å². The number of hydrogen-bond acceptors (Lipinski definition) is 4. The molecule has 1 saturated heterocycles. The Bertz CT molecular complexity index is 856. The molecule has 0 saturated carbocycles. The Labute approximate surface area is 148 Å². The second kappa shape index (κ2) is 6.76. The first-order valence-electron chi connectivity index (χ1n) is 8.81. The monoisotopic (exact) mass is 333 g/mol.